The minimum absolute atomic E-state index is 0.217. The van der Waals surface area contributed by atoms with Crippen molar-refractivity contribution in [3.05, 3.63) is 34.9 Å². The molecule has 0 saturated carbocycles. The molecule has 4 rings (SSSR count). The van der Waals surface area contributed by atoms with Crippen LogP contribution in [0, 0.1) is 0 Å². The van der Waals surface area contributed by atoms with Crippen molar-refractivity contribution in [3.63, 3.8) is 0 Å². The predicted octanol–water partition coefficient (Wildman–Crippen LogP) is 2.39. The number of fused-ring (bicyclic) bond motifs is 1. The number of guanidine groups is 1. The molecule has 8 heteroatoms. The number of amides is 3. The number of hydrogen-bond donors (Lipinski definition) is 0. The molecule has 1 aromatic rings. The molecule has 3 amide bonds. The van der Waals surface area contributed by atoms with Crippen molar-refractivity contribution in [2.24, 2.45) is 4.99 Å². The second-order valence-corrected chi connectivity index (χ2v) is 7.84. The summed E-state index contributed by atoms with van der Waals surface area (Å²) in [7, 11) is 1.70. The van der Waals surface area contributed by atoms with E-state index < -0.39 is 6.04 Å². The molecular weight excluding hydrogens is 378 g/mol. The van der Waals surface area contributed by atoms with E-state index in [0.29, 0.717) is 17.4 Å². The number of carbonyl (C=O) groups excluding carboxylic acids is 2. The molecule has 1 atom stereocenters. The topological polar surface area (TPSA) is 59.2 Å². The zero-order chi connectivity index (χ0) is 19.8. The van der Waals surface area contributed by atoms with Crippen molar-refractivity contribution >= 4 is 35.3 Å². The molecule has 3 aliphatic heterocycles. The first kappa shape index (κ1) is 18.9. The maximum absolute atomic E-state index is 13.3. The Hall–Kier alpha value is -2.41. The van der Waals surface area contributed by atoms with Crippen molar-refractivity contribution in [1.82, 2.24) is 14.7 Å². The summed E-state index contributed by atoms with van der Waals surface area (Å²) in [4.78, 5) is 35.8. The molecule has 1 aromatic carbocycles. The van der Waals surface area contributed by atoms with Gasteiger partial charge in [-0.25, -0.2) is 9.69 Å². The summed E-state index contributed by atoms with van der Waals surface area (Å²) in [6, 6.07) is 6.32. The van der Waals surface area contributed by atoms with Gasteiger partial charge in [0.1, 0.15) is 0 Å². The van der Waals surface area contributed by atoms with Gasteiger partial charge in [0.05, 0.1) is 26.2 Å². The fourth-order valence-corrected chi connectivity index (χ4v) is 4.22. The molecule has 0 bridgehead atoms. The lowest BCUT2D eigenvalue weighted by Gasteiger charge is -2.35. The van der Waals surface area contributed by atoms with Crippen LogP contribution in [0.4, 0.5) is 4.79 Å². The molecule has 148 valence electrons. The van der Waals surface area contributed by atoms with Crippen LogP contribution in [-0.4, -0.2) is 75.7 Å². The van der Waals surface area contributed by atoms with E-state index in [4.69, 9.17) is 16.6 Å². The summed E-state index contributed by atoms with van der Waals surface area (Å²) in [5, 5.41) is 0.625. The lowest BCUT2D eigenvalue weighted by molar-refractivity contribution is -0.542. The lowest BCUT2D eigenvalue weighted by atomic mass is 10.1. The number of imide groups is 1. The number of urea groups is 1. The Kier molecular flexibility index (Phi) is 5.10. The molecule has 0 aromatic heterocycles. The van der Waals surface area contributed by atoms with Gasteiger partial charge in [0.2, 0.25) is 11.9 Å². The van der Waals surface area contributed by atoms with Gasteiger partial charge in [0.15, 0.2) is 0 Å². The van der Waals surface area contributed by atoms with Gasteiger partial charge in [0.25, 0.3) is 5.91 Å². The van der Waals surface area contributed by atoms with Gasteiger partial charge in [-0.05, 0) is 43.9 Å². The second kappa shape index (κ2) is 7.54. The quantitative estimate of drug-likeness (QED) is 0.729. The third-order valence-electron chi connectivity index (χ3n) is 5.62. The second-order valence-electron chi connectivity index (χ2n) is 7.40. The van der Waals surface area contributed by atoms with Crippen molar-refractivity contribution in [3.8, 4) is 0 Å². The number of amidine groups is 1. The van der Waals surface area contributed by atoms with Crippen LogP contribution in [0.3, 0.4) is 0 Å². The first-order chi connectivity index (χ1) is 13.5. The molecule has 0 spiro atoms. The summed E-state index contributed by atoms with van der Waals surface area (Å²) >= 11 is 5.95. The zero-order valence-electron chi connectivity index (χ0n) is 16.3. The number of likely N-dealkylation sites (N-methyl/N-ethyl adjacent to an activating group) is 2. The molecule has 3 aliphatic rings. The molecule has 0 N–H and O–H groups in total. The largest absolute Gasteiger partial charge is 0.392 e. The van der Waals surface area contributed by atoms with Gasteiger partial charge >= 0.3 is 12.0 Å². The number of benzene rings is 1. The molecule has 0 aliphatic carbocycles. The van der Waals surface area contributed by atoms with E-state index in [9.17, 15) is 9.59 Å². The Morgan fingerprint density at radius 2 is 1.82 bits per heavy atom. The third-order valence-corrected chi connectivity index (χ3v) is 5.87. The van der Waals surface area contributed by atoms with Crippen molar-refractivity contribution in [2.45, 2.75) is 38.8 Å². The van der Waals surface area contributed by atoms with E-state index in [1.165, 1.54) is 16.2 Å². The van der Waals surface area contributed by atoms with E-state index in [0.717, 1.165) is 37.5 Å². The predicted molar refractivity (Wildman–Crippen MR) is 108 cm³/mol. The molecule has 3 heterocycles. The summed E-state index contributed by atoms with van der Waals surface area (Å²) in [5.74, 6) is 1.14. The molecule has 28 heavy (non-hydrogen) atoms. The van der Waals surface area contributed by atoms with Crippen molar-refractivity contribution in [1.29, 1.82) is 0 Å². The minimum atomic E-state index is -0.545. The fraction of sp³-hybridized carbons (Fsp3) is 0.500. The number of hydrogen-bond acceptors (Lipinski definition) is 2. The molecule has 7 nitrogen and oxygen atoms in total. The molecular formula is C20H25ClN5O2+. The standard InChI is InChI=1S/C20H25ClN5O2/c1-3-25-16-17(22-19(25)24-11-5-4-6-12-24)23(2)20(28)26(18(16)27)13-14-7-9-15(21)10-8-14/h7-10,16H,3-6,11-13H2,1-2H3/q+1. The maximum Gasteiger partial charge on any atom is 0.392 e. The number of halogens is 1. The highest BCUT2D eigenvalue weighted by molar-refractivity contribution is 6.30. The Balaban J connectivity index is 1.66. The molecule has 2 saturated heterocycles. The Bertz CT molecular complexity index is 856. The number of nitrogens with zero attached hydrogens (tertiary/aromatic N) is 5. The van der Waals surface area contributed by atoms with Gasteiger partial charge < -0.3 is 0 Å². The number of piperidine rings is 1. The summed E-state index contributed by atoms with van der Waals surface area (Å²) in [5.41, 5.74) is 0.862. The highest BCUT2D eigenvalue weighted by Gasteiger charge is 2.55. The van der Waals surface area contributed by atoms with Crippen LogP contribution < -0.4 is 0 Å². The first-order valence-corrected chi connectivity index (χ1v) is 10.2. The Morgan fingerprint density at radius 1 is 1.14 bits per heavy atom. The lowest BCUT2D eigenvalue weighted by Crippen LogP contribution is -2.63. The van der Waals surface area contributed by atoms with Crippen LogP contribution in [0.1, 0.15) is 31.7 Å². The van der Waals surface area contributed by atoms with Gasteiger partial charge in [-0.1, -0.05) is 28.7 Å². The molecule has 2 fully saturated rings. The zero-order valence-corrected chi connectivity index (χ0v) is 17.0. The average molecular weight is 403 g/mol. The van der Waals surface area contributed by atoms with Gasteiger partial charge in [0, 0.05) is 12.1 Å². The van der Waals surface area contributed by atoms with Crippen LogP contribution >= 0.6 is 11.6 Å². The Labute approximate surface area is 169 Å². The summed E-state index contributed by atoms with van der Waals surface area (Å²) < 4.78 is 2.24. The number of aliphatic imine (C=N–C) groups is 1. The number of carbonyl (C=O) groups is 2. The fourth-order valence-electron chi connectivity index (χ4n) is 4.09. The maximum atomic E-state index is 13.3. The van der Waals surface area contributed by atoms with Crippen LogP contribution in [0.15, 0.2) is 29.3 Å². The Morgan fingerprint density at radius 3 is 2.46 bits per heavy atom. The summed E-state index contributed by atoms with van der Waals surface area (Å²) in [6.45, 7) is 4.78. The normalized spacial score (nSPS) is 22.8. The SMILES string of the molecule is CCN1C(=[N+]2CCCCC2)N=C2C1C(=O)N(Cc1ccc(Cl)cc1)C(=O)N2C. The summed E-state index contributed by atoms with van der Waals surface area (Å²) in [6.07, 6.45) is 3.48. The van der Waals surface area contributed by atoms with E-state index in [1.807, 2.05) is 24.0 Å². The van der Waals surface area contributed by atoms with Crippen molar-refractivity contribution in [2.75, 3.05) is 26.7 Å². The number of rotatable bonds is 3. The smallest absolute Gasteiger partial charge is 0.270 e. The monoisotopic (exact) mass is 402 g/mol. The average Bonchev–Trinajstić information content (AvgIpc) is 3.11. The third kappa shape index (κ3) is 3.17. The highest BCUT2D eigenvalue weighted by atomic mass is 35.5. The highest BCUT2D eigenvalue weighted by Crippen LogP contribution is 2.25. The first-order valence-electron chi connectivity index (χ1n) is 9.82. The van der Waals surface area contributed by atoms with Crippen molar-refractivity contribution < 1.29 is 14.2 Å². The van der Waals surface area contributed by atoms with E-state index >= 15 is 0 Å². The van der Waals surface area contributed by atoms with E-state index in [2.05, 4.69) is 4.58 Å². The van der Waals surface area contributed by atoms with Crippen LogP contribution in [-0.2, 0) is 11.3 Å². The molecule has 0 radical (unpaired) electrons. The molecule has 1 unspecified atom stereocenters. The minimum Gasteiger partial charge on any atom is -0.270 e. The van der Waals surface area contributed by atoms with E-state index in [1.54, 1.807) is 19.2 Å². The van der Waals surface area contributed by atoms with Crippen LogP contribution in [0.25, 0.3) is 0 Å². The van der Waals surface area contributed by atoms with Crippen LogP contribution in [0.2, 0.25) is 5.02 Å². The van der Waals surface area contributed by atoms with Gasteiger partial charge in [-0.3, -0.25) is 19.2 Å². The van der Waals surface area contributed by atoms with E-state index in [-0.39, 0.29) is 18.5 Å². The van der Waals surface area contributed by atoms with Gasteiger partial charge in [-0.2, -0.15) is 0 Å². The van der Waals surface area contributed by atoms with Gasteiger partial charge in [-0.15, -0.1) is 0 Å². The van der Waals surface area contributed by atoms with Crippen LogP contribution in [0.5, 0.6) is 0 Å².